The minimum absolute atomic E-state index is 0.512. The van der Waals surface area contributed by atoms with Gasteiger partial charge in [-0.3, -0.25) is 4.48 Å². The number of nitrogens with zero attached hydrogens (tertiary/aromatic N) is 1. The molecule has 0 aliphatic heterocycles. The first-order valence-electron chi connectivity index (χ1n) is 11.9. The second-order valence-electron chi connectivity index (χ2n) is 9.34. The van der Waals surface area contributed by atoms with Crippen LogP contribution in [0.25, 0.3) is 0 Å². The molecule has 166 valence electrons. The molecule has 0 rings (SSSR count). The van der Waals surface area contributed by atoms with E-state index in [4.69, 9.17) is 0 Å². The van der Waals surface area contributed by atoms with Crippen LogP contribution in [0.2, 0.25) is 0 Å². The van der Waals surface area contributed by atoms with Crippen molar-refractivity contribution in [3.8, 4) is 0 Å². The third-order valence-corrected chi connectivity index (χ3v) is 7.80. The molecule has 0 aliphatic carbocycles. The highest BCUT2D eigenvalue weighted by Crippen LogP contribution is 2.45. The van der Waals surface area contributed by atoms with Gasteiger partial charge in [0, 0.05) is 12.8 Å². The Labute approximate surface area is 177 Å². The van der Waals surface area contributed by atoms with Crippen LogP contribution in [-0.4, -0.2) is 30.9 Å². The second kappa shape index (κ2) is 16.5. The number of unbranched alkanes of at least 4 members (excludes halogenated alkanes) is 11. The largest absolute Gasteiger partial charge is 0.590 e. The minimum atomic E-state index is -2.43. The molecule has 0 fully saturated rings. The lowest BCUT2D eigenvalue weighted by atomic mass is 9.99. The van der Waals surface area contributed by atoms with Gasteiger partial charge < -0.3 is 4.89 Å². The molecule has 4 heteroatoms. The highest BCUT2D eigenvalue weighted by Gasteiger charge is 2.53. The molecule has 0 amide bonds. The van der Waals surface area contributed by atoms with Crippen LogP contribution >= 0.6 is 8.03 Å². The lowest BCUT2D eigenvalue weighted by molar-refractivity contribution is -0.910. The standard InChI is InChI=1S/C24H49NO2P/c1-6-8-9-10-11-12-13-14-15-16-17-18-19-20-21-23-24(22-7-2,28(26)27)25(3,4)5/h16-17H,6-15,18-23H2,1-5H3/q+1/b17-16-. The summed E-state index contributed by atoms with van der Waals surface area (Å²) in [4.78, 5) is 12.0. The first kappa shape index (κ1) is 27.8. The Kier molecular flexibility index (Phi) is 16.4. The average Bonchev–Trinajstić information content (AvgIpc) is 2.62. The van der Waals surface area contributed by atoms with E-state index in [2.05, 4.69) is 26.0 Å². The van der Waals surface area contributed by atoms with Gasteiger partial charge in [0.25, 0.3) is 5.28 Å². The first-order chi connectivity index (χ1) is 13.3. The summed E-state index contributed by atoms with van der Waals surface area (Å²) >= 11 is 0. The Morgan fingerprint density at radius 1 is 0.714 bits per heavy atom. The van der Waals surface area contributed by atoms with Crippen molar-refractivity contribution in [1.82, 2.24) is 0 Å². The molecule has 0 saturated carbocycles. The lowest BCUT2D eigenvalue weighted by Crippen LogP contribution is -2.55. The van der Waals surface area contributed by atoms with Gasteiger partial charge in [0.05, 0.1) is 21.1 Å². The predicted octanol–water partition coefficient (Wildman–Crippen LogP) is 7.33. The van der Waals surface area contributed by atoms with Gasteiger partial charge in [-0.05, 0) is 38.5 Å². The molecule has 0 N–H and O–H groups in total. The maximum atomic E-state index is 12.0. The van der Waals surface area contributed by atoms with E-state index < -0.39 is 13.3 Å². The van der Waals surface area contributed by atoms with E-state index in [0.717, 1.165) is 38.5 Å². The van der Waals surface area contributed by atoms with Crippen LogP contribution in [0.5, 0.6) is 0 Å². The van der Waals surface area contributed by atoms with Crippen LogP contribution in [0.4, 0.5) is 0 Å². The fourth-order valence-corrected chi connectivity index (χ4v) is 5.34. The molecule has 0 radical (unpaired) electrons. The van der Waals surface area contributed by atoms with Crippen LogP contribution in [0, 0.1) is 0 Å². The zero-order valence-corrected chi connectivity index (χ0v) is 20.6. The van der Waals surface area contributed by atoms with Crippen LogP contribution in [0.1, 0.15) is 117 Å². The van der Waals surface area contributed by atoms with Crippen molar-refractivity contribution in [3.63, 3.8) is 0 Å². The van der Waals surface area contributed by atoms with Crippen molar-refractivity contribution in [2.45, 2.75) is 122 Å². The fourth-order valence-electron chi connectivity index (χ4n) is 4.10. The molecule has 28 heavy (non-hydrogen) atoms. The lowest BCUT2D eigenvalue weighted by Gasteiger charge is -2.39. The van der Waals surface area contributed by atoms with E-state index in [1.54, 1.807) is 0 Å². The van der Waals surface area contributed by atoms with Gasteiger partial charge in [-0.1, -0.05) is 81.9 Å². The summed E-state index contributed by atoms with van der Waals surface area (Å²) in [5.74, 6) is 0. The van der Waals surface area contributed by atoms with Crippen molar-refractivity contribution in [1.29, 1.82) is 0 Å². The fraction of sp³-hybridized carbons (Fsp3) is 0.917. The normalized spacial score (nSPS) is 15.1. The van der Waals surface area contributed by atoms with Gasteiger partial charge in [-0.25, -0.2) is 0 Å². The van der Waals surface area contributed by atoms with Gasteiger partial charge in [-0.15, -0.1) is 0 Å². The smallest absolute Gasteiger partial charge is 0.376 e. The van der Waals surface area contributed by atoms with Gasteiger partial charge in [0.2, 0.25) is 0 Å². The SMILES string of the molecule is CCCCCCCCCC/C=C\CCCCCC(CCC)([P+](=O)[O-])[N+](C)(C)C. The Balaban J connectivity index is 3.84. The highest BCUT2D eigenvalue weighted by molar-refractivity contribution is 7.38. The molecule has 0 bridgehead atoms. The van der Waals surface area contributed by atoms with E-state index in [1.165, 1.54) is 64.2 Å². The molecule has 2 atom stereocenters. The van der Waals surface area contributed by atoms with Crippen LogP contribution in [0.3, 0.4) is 0 Å². The summed E-state index contributed by atoms with van der Waals surface area (Å²) < 4.78 is 12.6. The van der Waals surface area contributed by atoms with Crippen molar-refractivity contribution in [2.75, 3.05) is 21.1 Å². The number of rotatable bonds is 19. The summed E-state index contributed by atoms with van der Waals surface area (Å²) in [5.41, 5.74) is 0. The van der Waals surface area contributed by atoms with Crippen molar-refractivity contribution < 1.29 is 13.9 Å². The molecular formula is C24H49NO2P+. The van der Waals surface area contributed by atoms with Gasteiger partial charge in [0.15, 0.2) is 0 Å². The van der Waals surface area contributed by atoms with E-state index in [9.17, 15) is 9.46 Å². The number of allylic oxidation sites excluding steroid dienone is 2. The summed E-state index contributed by atoms with van der Waals surface area (Å²) in [6, 6.07) is 0. The molecule has 0 spiro atoms. The number of quaternary nitrogens is 1. The average molecular weight is 415 g/mol. The van der Waals surface area contributed by atoms with Crippen molar-refractivity contribution in [2.24, 2.45) is 0 Å². The van der Waals surface area contributed by atoms with Gasteiger partial charge in [0.1, 0.15) is 0 Å². The molecule has 0 aromatic rings. The van der Waals surface area contributed by atoms with Crippen LogP contribution in [-0.2, 0) is 4.57 Å². The van der Waals surface area contributed by atoms with E-state index >= 15 is 0 Å². The Morgan fingerprint density at radius 2 is 1.18 bits per heavy atom. The molecule has 2 unspecified atom stereocenters. The third kappa shape index (κ3) is 11.7. The quantitative estimate of drug-likeness (QED) is 0.0960. The summed E-state index contributed by atoms with van der Waals surface area (Å²) in [6.45, 7) is 4.35. The van der Waals surface area contributed by atoms with Crippen molar-refractivity contribution in [3.05, 3.63) is 12.2 Å². The Hall–Kier alpha value is -0.240. The minimum Gasteiger partial charge on any atom is -0.590 e. The third-order valence-electron chi connectivity index (χ3n) is 6.08. The zero-order valence-electron chi connectivity index (χ0n) is 19.7. The monoisotopic (exact) mass is 414 g/mol. The second-order valence-corrected chi connectivity index (χ2v) is 10.7. The maximum absolute atomic E-state index is 12.0. The zero-order chi connectivity index (χ0) is 21.3. The highest BCUT2D eigenvalue weighted by atomic mass is 31.1. The van der Waals surface area contributed by atoms with E-state index in [0.29, 0.717) is 4.48 Å². The molecule has 0 aromatic heterocycles. The maximum Gasteiger partial charge on any atom is 0.376 e. The molecule has 0 aliphatic rings. The first-order valence-corrected chi connectivity index (χ1v) is 13.1. The number of hydrogen-bond acceptors (Lipinski definition) is 2. The topological polar surface area (TPSA) is 40.1 Å². The predicted molar refractivity (Wildman–Crippen MR) is 123 cm³/mol. The van der Waals surface area contributed by atoms with E-state index in [1.807, 2.05) is 21.1 Å². The van der Waals surface area contributed by atoms with E-state index in [-0.39, 0.29) is 0 Å². The Bertz CT molecular complexity index is 417. The molecular weight excluding hydrogens is 365 g/mol. The molecule has 0 heterocycles. The molecule has 0 saturated heterocycles. The molecule has 3 nitrogen and oxygen atoms in total. The van der Waals surface area contributed by atoms with Crippen molar-refractivity contribution >= 4 is 8.03 Å². The van der Waals surface area contributed by atoms with Crippen LogP contribution < -0.4 is 4.89 Å². The summed E-state index contributed by atoms with van der Waals surface area (Å²) in [7, 11) is 3.64. The van der Waals surface area contributed by atoms with Gasteiger partial charge >= 0.3 is 8.03 Å². The molecule has 0 aromatic carbocycles. The van der Waals surface area contributed by atoms with Crippen LogP contribution in [0.15, 0.2) is 12.2 Å². The summed E-state index contributed by atoms with van der Waals surface area (Å²) in [6.07, 6.45) is 23.8. The summed E-state index contributed by atoms with van der Waals surface area (Å²) in [5, 5.41) is -0.601. The number of hydrogen-bond donors (Lipinski definition) is 0. The van der Waals surface area contributed by atoms with Gasteiger partial charge in [-0.2, -0.15) is 0 Å². The Morgan fingerprint density at radius 3 is 1.61 bits per heavy atom.